The van der Waals surface area contributed by atoms with Gasteiger partial charge in [-0.2, -0.15) is 0 Å². The molecule has 128 valence electrons. The van der Waals surface area contributed by atoms with E-state index in [1.165, 1.54) is 0 Å². The van der Waals surface area contributed by atoms with Gasteiger partial charge in [0, 0.05) is 12.0 Å². The summed E-state index contributed by atoms with van der Waals surface area (Å²) in [5, 5.41) is 5.25. The lowest BCUT2D eigenvalue weighted by Crippen LogP contribution is -2.19. The fraction of sp³-hybridized carbons (Fsp3) is 0.211. The minimum atomic E-state index is -0.325. The third-order valence-electron chi connectivity index (χ3n) is 4.00. The Labute approximate surface area is 145 Å². The van der Waals surface area contributed by atoms with Crippen LogP contribution in [0.4, 0.5) is 11.4 Å². The second kappa shape index (κ2) is 7.72. The summed E-state index contributed by atoms with van der Waals surface area (Å²) in [7, 11) is 0. The minimum Gasteiger partial charge on any atom is -0.367 e. The number of hydrogen-bond acceptors (Lipinski definition) is 4. The number of hydrogen-bond donors (Lipinski definition) is 2. The highest BCUT2D eigenvalue weighted by molar-refractivity contribution is 6.04. The number of aryl methyl sites for hydroxylation is 1. The highest BCUT2D eigenvalue weighted by atomic mass is 16.5. The van der Waals surface area contributed by atoms with Gasteiger partial charge in [0.1, 0.15) is 6.61 Å². The molecule has 6 nitrogen and oxygen atoms in total. The van der Waals surface area contributed by atoms with Gasteiger partial charge in [-0.25, -0.2) is 0 Å². The lowest BCUT2D eigenvalue weighted by Gasteiger charge is -2.13. The van der Waals surface area contributed by atoms with Crippen LogP contribution >= 0.6 is 0 Å². The van der Waals surface area contributed by atoms with Crippen LogP contribution in [0.15, 0.2) is 42.5 Å². The zero-order chi connectivity index (χ0) is 17.6. The van der Waals surface area contributed by atoms with E-state index < -0.39 is 0 Å². The number of amides is 2. The van der Waals surface area contributed by atoms with Crippen molar-refractivity contribution in [1.29, 1.82) is 0 Å². The van der Waals surface area contributed by atoms with Gasteiger partial charge in [-0.1, -0.05) is 30.3 Å². The maximum atomic E-state index is 12.1. The Morgan fingerprint density at radius 3 is 2.68 bits per heavy atom. The number of benzene rings is 2. The van der Waals surface area contributed by atoms with Gasteiger partial charge in [0.05, 0.1) is 18.0 Å². The largest absolute Gasteiger partial charge is 0.367 e. The second-order valence-corrected chi connectivity index (χ2v) is 5.77. The Balaban J connectivity index is 1.64. The van der Waals surface area contributed by atoms with Gasteiger partial charge in [-0.05, 0) is 29.7 Å². The van der Waals surface area contributed by atoms with Crippen molar-refractivity contribution in [3.05, 3.63) is 59.2 Å². The van der Waals surface area contributed by atoms with Crippen LogP contribution in [0.5, 0.6) is 0 Å². The van der Waals surface area contributed by atoms with Crippen LogP contribution < -0.4 is 10.6 Å². The lowest BCUT2D eigenvalue weighted by molar-refractivity contribution is -0.121. The summed E-state index contributed by atoms with van der Waals surface area (Å²) in [6, 6.07) is 12.9. The molecular weight excluding hydrogens is 320 g/mol. The molecule has 2 aromatic rings. The van der Waals surface area contributed by atoms with E-state index in [4.69, 9.17) is 4.74 Å². The first kappa shape index (κ1) is 16.9. The molecule has 0 radical (unpaired) electrons. The SMILES string of the molecule is O=CNc1cc2c(cc1NC(=O)COCc1ccccc1)CCC2=O. The molecule has 0 unspecified atom stereocenters. The van der Waals surface area contributed by atoms with Crippen molar-refractivity contribution in [3.63, 3.8) is 0 Å². The summed E-state index contributed by atoms with van der Waals surface area (Å²) in [6.07, 6.45) is 1.61. The average molecular weight is 338 g/mol. The number of ether oxygens (including phenoxy) is 1. The minimum absolute atomic E-state index is 0.0491. The molecule has 2 aromatic carbocycles. The third-order valence-corrected chi connectivity index (χ3v) is 4.00. The fourth-order valence-electron chi connectivity index (χ4n) is 2.80. The first-order valence-electron chi connectivity index (χ1n) is 7.99. The van der Waals surface area contributed by atoms with Crippen molar-refractivity contribution in [2.24, 2.45) is 0 Å². The van der Waals surface area contributed by atoms with Crippen molar-refractivity contribution in [3.8, 4) is 0 Å². The molecular formula is C19H18N2O4. The topological polar surface area (TPSA) is 84.5 Å². The van der Waals surface area contributed by atoms with E-state index in [9.17, 15) is 14.4 Å². The Bertz CT molecular complexity index is 803. The van der Waals surface area contributed by atoms with Gasteiger partial charge < -0.3 is 15.4 Å². The molecule has 0 atom stereocenters. The van der Waals surface area contributed by atoms with Gasteiger partial charge in [0.2, 0.25) is 12.3 Å². The van der Waals surface area contributed by atoms with Crippen molar-refractivity contribution < 1.29 is 19.1 Å². The molecule has 0 aromatic heterocycles. The smallest absolute Gasteiger partial charge is 0.250 e. The number of Topliss-reactive ketones (excluding diaryl/α,β-unsaturated/α-hetero) is 1. The summed E-state index contributed by atoms with van der Waals surface area (Å²) in [5.74, 6) is -0.276. The predicted octanol–water partition coefficient (Wildman–Crippen LogP) is 2.54. The Kier molecular flexibility index (Phi) is 5.20. The lowest BCUT2D eigenvalue weighted by atomic mass is 10.1. The van der Waals surface area contributed by atoms with E-state index in [0.29, 0.717) is 42.8 Å². The van der Waals surface area contributed by atoms with Crippen LogP contribution in [0.1, 0.15) is 27.9 Å². The molecule has 2 amide bonds. The van der Waals surface area contributed by atoms with Crippen molar-refractivity contribution in [2.75, 3.05) is 17.2 Å². The van der Waals surface area contributed by atoms with Crippen molar-refractivity contribution in [1.82, 2.24) is 0 Å². The van der Waals surface area contributed by atoms with Crippen LogP contribution in [-0.2, 0) is 27.4 Å². The molecule has 25 heavy (non-hydrogen) atoms. The number of carbonyl (C=O) groups is 3. The standard InChI is InChI=1S/C19H18N2O4/c22-12-20-16-9-15-14(6-7-18(15)23)8-17(16)21-19(24)11-25-10-13-4-2-1-3-5-13/h1-5,8-9,12H,6-7,10-11H2,(H,20,22)(H,21,24). The van der Waals surface area contributed by atoms with Crippen molar-refractivity contribution in [2.45, 2.75) is 19.4 Å². The Morgan fingerprint density at radius 2 is 1.92 bits per heavy atom. The maximum absolute atomic E-state index is 12.1. The summed E-state index contributed by atoms with van der Waals surface area (Å²) < 4.78 is 5.41. The Hall–Kier alpha value is -2.99. The van der Waals surface area contributed by atoms with Crippen LogP contribution in [0.25, 0.3) is 0 Å². The fourth-order valence-corrected chi connectivity index (χ4v) is 2.80. The van der Waals surface area contributed by atoms with E-state index in [1.54, 1.807) is 12.1 Å². The number of anilines is 2. The van der Waals surface area contributed by atoms with E-state index in [1.807, 2.05) is 30.3 Å². The summed E-state index contributed by atoms with van der Waals surface area (Å²) >= 11 is 0. The van der Waals surface area contributed by atoms with Crippen LogP contribution in [0.2, 0.25) is 0 Å². The molecule has 0 spiro atoms. The predicted molar refractivity (Wildman–Crippen MR) is 93.5 cm³/mol. The summed E-state index contributed by atoms with van der Waals surface area (Å²) in [6.45, 7) is 0.234. The quantitative estimate of drug-likeness (QED) is 0.760. The maximum Gasteiger partial charge on any atom is 0.250 e. The van der Waals surface area contributed by atoms with E-state index in [-0.39, 0.29) is 18.3 Å². The molecule has 1 aliphatic carbocycles. The van der Waals surface area contributed by atoms with Crippen LogP contribution in [0, 0.1) is 0 Å². The summed E-state index contributed by atoms with van der Waals surface area (Å²) in [5.41, 5.74) is 3.33. The zero-order valence-electron chi connectivity index (χ0n) is 13.6. The van der Waals surface area contributed by atoms with Gasteiger partial charge in [0.25, 0.3) is 0 Å². The van der Waals surface area contributed by atoms with Gasteiger partial charge in [-0.3, -0.25) is 14.4 Å². The highest BCUT2D eigenvalue weighted by Gasteiger charge is 2.22. The molecule has 0 fully saturated rings. The van der Waals surface area contributed by atoms with Crippen LogP contribution in [-0.4, -0.2) is 24.7 Å². The van der Waals surface area contributed by atoms with Crippen molar-refractivity contribution >= 4 is 29.5 Å². The molecule has 0 bridgehead atoms. The molecule has 0 saturated carbocycles. The molecule has 2 N–H and O–H groups in total. The number of carbonyl (C=O) groups excluding carboxylic acids is 3. The number of fused-ring (bicyclic) bond motifs is 1. The number of ketones is 1. The number of rotatable bonds is 7. The summed E-state index contributed by atoms with van der Waals surface area (Å²) in [4.78, 5) is 34.7. The van der Waals surface area contributed by atoms with Gasteiger partial charge in [0.15, 0.2) is 5.78 Å². The monoisotopic (exact) mass is 338 g/mol. The molecule has 3 rings (SSSR count). The average Bonchev–Trinajstić information content (AvgIpc) is 2.97. The second-order valence-electron chi connectivity index (χ2n) is 5.77. The van der Waals surface area contributed by atoms with E-state index in [2.05, 4.69) is 10.6 Å². The molecule has 0 aliphatic heterocycles. The van der Waals surface area contributed by atoms with Gasteiger partial charge >= 0.3 is 0 Å². The first-order valence-corrected chi connectivity index (χ1v) is 7.99. The van der Waals surface area contributed by atoms with Gasteiger partial charge in [-0.15, -0.1) is 0 Å². The molecule has 0 heterocycles. The first-order chi connectivity index (χ1) is 12.2. The molecule has 0 saturated heterocycles. The van der Waals surface area contributed by atoms with E-state index >= 15 is 0 Å². The third kappa shape index (κ3) is 4.10. The number of nitrogens with one attached hydrogen (secondary N) is 2. The Morgan fingerprint density at radius 1 is 1.12 bits per heavy atom. The normalized spacial score (nSPS) is 12.6. The van der Waals surface area contributed by atoms with Crippen LogP contribution in [0.3, 0.4) is 0 Å². The molecule has 6 heteroatoms. The van der Waals surface area contributed by atoms with E-state index in [0.717, 1.165) is 11.1 Å². The zero-order valence-corrected chi connectivity index (χ0v) is 13.6. The molecule has 1 aliphatic rings. The highest BCUT2D eigenvalue weighted by Crippen LogP contribution is 2.31.